The van der Waals surface area contributed by atoms with E-state index < -0.39 is 0 Å². The molecule has 0 aliphatic carbocycles. The van der Waals surface area contributed by atoms with Gasteiger partial charge >= 0.3 is 0 Å². The van der Waals surface area contributed by atoms with Crippen LogP contribution in [-0.4, -0.2) is 56.3 Å². The first-order valence-electron chi connectivity index (χ1n) is 7.61. The molecular weight excluding hydrogens is 304 g/mol. The van der Waals surface area contributed by atoms with Gasteiger partial charge in [0.1, 0.15) is 5.75 Å². The summed E-state index contributed by atoms with van der Waals surface area (Å²) >= 11 is 5.80. The summed E-state index contributed by atoms with van der Waals surface area (Å²) in [6.07, 6.45) is 0.923. The number of carbonyl (C=O) groups is 1. The molecule has 1 N–H and O–H groups in total. The van der Waals surface area contributed by atoms with Crippen LogP contribution < -0.4 is 10.1 Å². The Hall–Kier alpha value is -1.30. The van der Waals surface area contributed by atoms with Crippen molar-refractivity contribution in [2.75, 3.05) is 39.5 Å². The van der Waals surface area contributed by atoms with Crippen LogP contribution in [0.15, 0.2) is 24.3 Å². The second-order valence-corrected chi connectivity index (χ2v) is 5.89. The molecule has 0 aromatic heterocycles. The predicted molar refractivity (Wildman–Crippen MR) is 86.4 cm³/mol. The van der Waals surface area contributed by atoms with E-state index in [0.29, 0.717) is 10.8 Å². The molecule has 1 saturated heterocycles. The summed E-state index contributed by atoms with van der Waals surface area (Å²) in [5, 5.41) is 3.60. The lowest BCUT2D eigenvalue weighted by atomic mass is 10.2. The van der Waals surface area contributed by atoms with Gasteiger partial charge in [0.05, 0.1) is 13.2 Å². The number of nitrogens with zero attached hydrogens (tertiary/aromatic N) is 1. The Morgan fingerprint density at radius 3 is 2.73 bits per heavy atom. The van der Waals surface area contributed by atoms with Crippen LogP contribution in [0.5, 0.6) is 5.75 Å². The third kappa shape index (κ3) is 6.22. The Bertz CT molecular complexity index is 461. The molecule has 6 heteroatoms. The molecule has 2 rings (SSSR count). The number of hydrogen-bond acceptors (Lipinski definition) is 4. The van der Waals surface area contributed by atoms with Gasteiger partial charge in [0.25, 0.3) is 5.91 Å². The first-order chi connectivity index (χ1) is 10.6. The van der Waals surface area contributed by atoms with Crippen LogP contribution in [0.3, 0.4) is 0 Å². The predicted octanol–water partition coefficient (Wildman–Crippen LogP) is 1.95. The Labute approximate surface area is 136 Å². The van der Waals surface area contributed by atoms with E-state index in [1.165, 1.54) is 0 Å². The van der Waals surface area contributed by atoms with Crippen LogP contribution in [-0.2, 0) is 9.53 Å². The number of amides is 1. The van der Waals surface area contributed by atoms with E-state index in [9.17, 15) is 4.79 Å². The van der Waals surface area contributed by atoms with Crippen LogP contribution in [0.25, 0.3) is 0 Å². The van der Waals surface area contributed by atoms with Gasteiger partial charge in [-0.05, 0) is 37.6 Å². The van der Waals surface area contributed by atoms with Crippen molar-refractivity contribution in [3.63, 3.8) is 0 Å². The number of hydrogen-bond donors (Lipinski definition) is 1. The molecule has 1 aromatic rings. The highest BCUT2D eigenvalue weighted by Crippen LogP contribution is 2.15. The van der Waals surface area contributed by atoms with Gasteiger partial charge < -0.3 is 14.8 Å². The van der Waals surface area contributed by atoms with Gasteiger partial charge in [-0.15, -0.1) is 0 Å². The summed E-state index contributed by atoms with van der Waals surface area (Å²) in [5.41, 5.74) is 0. The maximum absolute atomic E-state index is 11.8. The second kappa shape index (κ2) is 8.98. The van der Waals surface area contributed by atoms with Crippen molar-refractivity contribution in [2.24, 2.45) is 0 Å². The van der Waals surface area contributed by atoms with Crippen molar-refractivity contribution >= 4 is 17.5 Å². The minimum Gasteiger partial charge on any atom is -0.484 e. The van der Waals surface area contributed by atoms with Crippen molar-refractivity contribution in [1.82, 2.24) is 10.2 Å². The quantitative estimate of drug-likeness (QED) is 0.832. The van der Waals surface area contributed by atoms with E-state index in [4.69, 9.17) is 21.1 Å². The van der Waals surface area contributed by atoms with Gasteiger partial charge in [0.15, 0.2) is 6.61 Å². The van der Waals surface area contributed by atoms with Gasteiger partial charge in [-0.2, -0.15) is 0 Å². The summed E-state index contributed by atoms with van der Waals surface area (Å²) in [6.45, 7) is 6.55. The van der Waals surface area contributed by atoms with Crippen molar-refractivity contribution in [2.45, 2.75) is 19.4 Å². The summed E-state index contributed by atoms with van der Waals surface area (Å²) in [7, 11) is 0. The standard InChI is InChI=1S/C16H23ClN2O3/c1-13(6-7-19-8-10-21-11-9-19)18-16(20)12-22-15-4-2-14(17)3-5-15/h2-5,13H,6-12H2,1H3,(H,18,20). The Kier molecular flexibility index (Phi) is 6.96. The first kappa shape index (κ1) is 17.1. The Balaban J connectivity index is 1.62. The zero-order chi connectivity index (χ0) is 15.8. The molecule has 0 saturated carbocycles. The lowest BCUT2D eigenvalue weighted by Crippen LogP contribution is -2.41. The Morgan fingerprint density at radius 1 is 1.36 bits per heavy atom. The van der Waals surface area contributed by atoms with Gasteiger partial charge in [-0.3, -0.25) is 9.69 Å². The highest BCUT2D eigenvalue weighted by atomic mass is 35.5. The zero-order valence-corrected chi connectivity index (χ0v) is 13.6. The van der Waals surface area contributed by atoms with Crippen LogP contribution >= 0.6 is 11.6 Å². The maximum atomic E-state index is 11.8. The van der Waals surface area contributed by atoms with E-state index >= 15 is 0 Å². The summed E-state index contributed by atoms with van der Waals surface area (Å²) in [6, 6.07) is 7.10. The molecule has 1 aliphatic rings. The monoisotopic (exact) mass is 326 g/mol. The number of nitrogens with one attached hydrogen (secondary N) is 1. The highest BCUT2D eigenvalue weighted by Gasteiger charge is 2.13. The summed E-state index contributed by atoms with van der Waals surface area (Å²) < 4.78 is 10.7. The molecule has 1 unspecified atom stereocenters. The third-order valence-corrected chi connectivity index (χ3v) is 3.82. The molecule has 0 bridgehead atoms. The Morgan fingerprint density at radius 2 is 2.05 bits per heavy atom. The van der Waals surface area contributed by atoms with E-state index in [0.717, 1.165) is 39.3 Å². The largest absolute Gasteiger partial charge is 0.484 e. The van der Waals surface area contributed by atoms with E-state index in [1.54, 1.807) is 24.3 Å². The minimum atomic E-state index is -0.107. The number of ether oxygens (including phenoxy) is 2. The first-order valence-corrected chi connectivity index (χ1v) is 7.99. The van der Waals surface area contributed by atoms with Crippen molar-refractivity contribution in [3.05, 3.63) is 29.3 Å². The fourth-order valence-corrected chi connectivity index (χ4v) is 2.40. The minimum absolute atomic E-state index is 0.0174. The molecule has 1 fully saturated rings. The number of morpholine rings is 1. The molecule has 1 atom stereocenters. The van der Waals surface area contributed by atoms with Gasteiger partial charge in [0.2, 0.25) is 0 Å². The SMILES string of the molecule is CC(CCN1CCOCC1)NC(=O)COc1ccc(Cl)cc1. The lowest BCUT2D eigenvalue weighted by molar-refractivity contribution is -0.123. The number of benzene rings is 1. The van der Waals surface area contributed by atoms with Gasteiger partial charge in [0, 0.05) is 30.7 Å². The van der Waals surface area contributed by atoms with E-state index in [2.05, 4.69) is 10.2 Å². The molecule has 1 amide bonds. The average Bonchev–Trinajstić information content (AvgIpc) is 2.53. The van der Waals surface area contributed by atoms with Gasteiger partial charge in [-0.25, -0.2) is 0 Å². The number of halogens is 1. The van der Waals surface area contributed by atoms with Crippen molar-refractivity contribution in [3.8, 4) is 5.75 Å². The smallest absolute Gasteiger partial charge is 0.258 e. The molecule has 1 aromatic carbocycles. The summed E-state index contributed by atoms with van der Waals surface area (Å²) in [5.74, 6) is 0.532. The maximum Gasteiger partial charge on any atom is 0.258 e. The van der Waals surface area contributed by atoms with Gasteiger partial charge in [-0.1, -0.05) is 11.6 Å². The van der Waals surface area contributed by atoms with Crippen LogP contribution in [0.2, 0.25) is 5.02 Å². The van der Waals surface area contributed by atoms with Crippen LogP contribution in [0.4, 0.5) is 0 Å². The number of rotatable bonds is 7. The zero-order valence-electron chi connectivity index (χ0n) is 12.9. The number of carbonyl (C=O) groups excluding carboxylic acids is 1. The molecule has 22 heavy (non-hydrogen) atoms. The molecule has 1 heterocycles. The molecular formula is C16H23ClN2O3. The van der Waals surface area contributed by atoms with Crippen molar-refractivity contribution in [1.29, 1.82) is 0 Å². The van der Waals surface area contributed by atoms with Crippen molar-refractivity contribution < 1.29 is 14.3 Å². The molecule has 0 radical (unpaired) electrons. The topological polar surface area (TPSA) is 50.8 Å². The van der Waals surface area contributed by atoms with E-state index in [-0.39, 0.29) is 18.6 Å². The third-order valence-electron chi connectivity index (χ3n) is 3.57. The summed E-state index contributed by atoms with van der Waals surface area (Å²) in [4.78, 5) is 14.2. The van der Waals surface area contributed by atoms with E-state index in [1.807, 2.05) is 6.92 Å². The fraction of sp³-hybridized carbons (Fsp3) is 0.562. The highest BCUT2D eigenvalue weighted by molar-refractivity contribution is 6.30. The fourth-order valence-electron chi connectivity index (χ4n) is 2.27. The molecule has 1 aliphatic heterocycles. The average molecular weight is 327 g/mol. The molecule has 122 valence electrons. The van der Waals surface area contributed by atoms with Crippen LogP contribution in [0, 0.1) is 0 Å². The van der Waals surface area contributed by atoms with Crippen LogP contribution in [0.1, 0.15) is 13.3 Å². The molecule has 5 nitrogen and oxygen atoms in total. The normalized spacial score (nSPS) is 17.0. The molecule has 0 spiro atoms. The second-order valence-electron chi connectivity index (χ2n) is 5.45. The lowest BCUT2D eigenvalue weighted by Gasteiger charge is -2.27.